The normalized spacial score (nSPS) is 13.5. The first kappa shape index (κ1) is 9.80. The van der Waals surface area contributed by atoms with Crippen molar-refractivity contribution in [3.8, 4) is 0 Å². The van der Waals surface area contributed by atoms with Gasteiger partial charge in [-0.2, -0.15) is 0 Å². The predicted octanol–water partition coefficient (Wildman–Crippen LogP) is -1.79. The molecule has 5 nitrogen and oxygen atoms in total. The van der Waals surface area contributed by atoms with Gasteiger partial charge in [0, 0.05) is 6.54 Å². The van der Waals surface area contributed by atoms with Crippen LogP contribution in [-0.4, -0.2) is 37.9 Å². The molecule has 0 aliphatic carbocycles. The van der Waals surface area contributed by atoms with E-state index in [-0.39, 0.29) is 13.2 Å². The molecule has 5 heteroatoms. The second-order valence-electron chi connectivity index (χ2n) is 1.62. The fourth-order valence-electron chi connectivity index (χ4n) is 0.401. The maximum absolute atomic E-state index is 8.28. The molecule has 0 aromatic heterocycles. The topological polar surface area (TPSA) is 90.7 Å². The molecule has 0 saturated carbocycles. The van der Waals surface area contributed by atoms with Crippen LogP contribution in [0.3, 0.4) is 0 Å². The molecule has 0 heterocycles. The van der Waals surface area contributed by atoms with Crippen LogP contribution >= 0.6 is 0 Å². The lowest BCUT2D eigenvalue weighted by Crippen LogP contribution is -2.30. The minimum Gasteiger partial charge on any atom is -0.394 e. The largest absolute Gasteiger partial charge is 0.394 e. The molecular weight excluding hydrogens is 136 g/mol. The maximum Gasteiger partial charge on any atom is 0.213 e. The highest BCUT2D eigenvalue weighted by Gasteiger charge is 1.98. The van der Waals surface area contributed by atoms with E-state index in [1.165, 1.54) is 0 Å². The number of aliphatic hydroxyl groups excluding tert-OH is 1. The Kier molecular flexibility index (Phi) is 6.78. The summed E-state index contributed by atoms with van der Waals surface area (Å²) in [5, 5.41) is 8.28. The predicted molar refractivity (Wildman–Crippen MR) is 36.0 cm³/mol. The van der Waals surface area contributed by atoms with E-state index in [4.69, 9.17) is 26.0 Å². The molecule has 0 bridgehead atoms. The van der Waals surface area contributed by atoms with Crippen molar-refractivity contribution in [2.75, 3.05) is 26.4 Å². The van der Waals surface area contributed by atoms with Crippen molar-refractivity contribution in [3.05, 3.63) is 0 Å². The maximum atomic E-state index is 8.28. The first-order valence-electron chi connectivity index (χ1n) is 3.11. The second-order valence-corrected chi connectivity index (χ2v) is 1.62. The minimum atomic E-state index is -0.768. The Morgan fingerprint density at radius 1 is 1.30 bits per heavy atom. The van der Waals surface area contributed by atoms with Crippen molar-refractivity contribution in [1.82, 2.24) is 0 Å². The van der Waals surface area contributed by atoms with Gasteiger partial charge < -0.3 is 20.3 Å². The molecule has 0 amide bonds. The van der Waals surface area contributed by atoms with Crippen LogP contribution in [0.4, 0.5) is 0 Å². The smallest absolute Gasteiger partial charge is 0.213 e. The zero-order chi connectivity index (χ0) is 7.82. The molecule has 0 aromatic rings. The zero-order valence-electron chi connectivity index (χ0n) is 5.82. The van der Waals surface area contributed by atoms with Crippen LogP contribution < -0.4 is 11.5 Å². The second kappa shape index (κ2) is 6.91. The van der Waals surface area contributed by atoms with E-state index in [2.05, 4.69) is 0 Å². The average molecular weight is 150 g/mol. The van der Waals surface area contributed by atoms with Crippen LogP contribution in [0.5, 0.6) is 0 Å². The van der Waals surface area contributed by atoms with E-state index < -0.39 is 6.41 Å². The van der Waals surface area contributed by atoms with Crippen LogP contribution in [0.25, 0.3) is 0 Å². The first-order chi connectivity index (χ1) is 4.81. The van der Waals surface area contributed by atoms with Gasteiger partial charge in [-0.15, -0.1) is 0 Å². The number of hydrogen-bond donors (Lipinski definition) is 3. The van der Waals surface area contributed by atoms with E-state index >= 15 is 0 Å². The lowest BCUT2D eigenvalue weighted by atomic mass is 10.7. The van der Waals surface area contributed by atoms with Crippen molar-refractivity contribution in [2.45, 2.75) is 6.41 Å². The summed E-state index contributed by atoms with van der Waals surface area (Å²) < 4.78 is 9.56. The van der Waals surface area contributed by atoms with E-state index in [0.717, 1.165) is 0 Å². The van der Waals surface area contributed by atoms with Crippen molar-refractivity contribution in [2.24, 2.45) is 11.5 Å². The first-order valence-corrected chi connectivity index (χ1v) is 3.11. The van der Waals surface area contributed by atoms with Gasteiger partial charge in [0.1, 0.15) is 0 Å². The number of ether oxygens (including phenoxy) is 2. The van der Waals surface area contributed by atoms with Crippen molar-refractivity contribution < 1.29 is 14.6 Å². The van der Waals surface area contributed by atoms with Gasteiger partial charge in [-0.25, -0.2) is 0 Å². The molecule has 5 N–H and O–H groups in total. The molecule has 0 spiro atoms. The fourth-order valence-corrected chi connectivity index (χ4v) is 0.401. The fraction of sp³-hybridized carbons (Fsp3) is 1.00. The van der Waals surface area contributed by atoms with E-state index in [0.29, 0.717) is 13.2 Å². The van der Waals surface area contributed by atoms with E-state index in [9.17, 15) is 0 Å². The lowest BCUT2D eigenvalue weighted by Gasteiger charge is -2.11. The highest BCUT2D eigenvalue weighted by Crippen LogP contribution is 1.83. The Hall–Kier alpha value is -0.200. The third kappa shape index (κ3) is 5.93. The Morgan fingerprint density at radius 3 is 2.40 bits per heavy atom. The Labute approximate surface area is 59.9 Å². The summed E-state index contributed by atoms with van der Waals surface area (Å²) in [7, 11) is 0. The molecule has 0 radical (unpaired) electrons. The van der Waals surface area contributed by atoms with Gasteiger partial charge in [-0.1, -0.05) is 0 Å². The summed E-state index contributed by atoms with van der Waals surface area (Å²) in [6.45, 7) is 0.911. The van der Waals surface area contributed by atoms with Gasteiger partial charge in [-0.3, -0.25) is 5.73 Å². The Morgan fingerprint density at radius 2 is 1.90 bits per heavy atom. The molecule has 0 aliphatic rings. The zero-order valence-corrected chi connectivity index (χ0v) is 5.82. The molecule has 0 rings (SSSR count). The van der Waals surface area contributed by atoms with Crippen LogP contribution in [0.2, 0.25) is 0 Å². The Balaban J connectivity index is 3.00. The highest BCUT2D eigenvalue weighted by molar-refractivity contribution is 4.33. The van der Waals surface area contributed by atoms with Gasteiger partial charge in [0.2, 0.25) is 6.41 Å². The monoisotopic (exact) mass is 150 g/mol. The van der Waals surface area contributed by atoms with Gasteiger partial charge in [-0.05, 0) is 0 Å². The molecule has 0 saturated heterocycles. The van der Waals surface area contributed by atoms with Crippen molar-refractivity contribution in [1.29, 1.82) is 0 Å². The third-order valence-corrected chi connectivity index (χ3v) is 0.773. The molecule has 1 unspecified atom stereocenters. The van der Waals surface area contributed by atoms with Crippen molar-refractivity contribution >= 4 is 0 Å². The summed E-state index contributed by atoms with van der Waals surface area (Å²) in [5.74, 6) is 0. The van der Waals surface area contributed by atoms with Gasteiger partial charge >= 0.3 is 0 Å². The summed E-state index contributed by atoms with van der Waals surface area (Å²) in [6.07, 6.45) is -0.768. The number of hydrogen-bond acceptors (Lipinski definition) is 5. The average Bonchev–Trinajstić information content (AvgIpc) is 1.97. The summed E-state index contributed by atoms with van der Waals surface area (Å²) >= 11 is 0. The number of rotatable bonds is 6. The molecule has 0 aromatic carbocycles. The molecular formula is C5H14N2O3. The highest BCUT2D eigenvalue weighted by atomic mass is 16.7. The minimum absolute atomic E-state index is 0.0559. The molecule has 62 valence electrons. The van der Waals surface area contributed by atoms with Crippen molar-refractivity contribution in [3.63, 3.8) is 0 Å². The summed E-state index contributed by atoms with van der Waals surface area (Å²) in [4.78, 5) is 0. The molecule has 0 aliphatic heterocycles. The van der Waals surface area contributed by atoms with Gasteiger partial charge in [0.15, 0.2) is 0 Å². The van der Waals surface area contributed by atoms with E-state index in [1.807, 2.05) is 0 Å². The van der Waals surface area contributed by atoms with E-state index in [1.54, 1.807) is 0 Å². The summed E-state index contributed by atoms with van der Waals surface area (Å²) in [5.41, 5.74) is 10.4. The molecule has 1 atom stereocenters. The van der Waals surface area contributed by atoms with Crippen LogP contribution in [0.1, 0.15) is 0 Å². The van der Waals surface area contributed by atoms with Crippen LogP contribution in [-0.2, 0) is 9.47 Å². The molecule has 0 fully saturated rings. The summed E-state index contributed by atoms with van der Waals surface area (Å²) in [6, 6.07) is 0. The van der Waals surface area contributed by atoms with Gasteiger partial charge in [0.25, 0.3) is 0 Å². The number of aliphatic hydroxyl groups is 1. The molecule has 10 heavy (non-hydrogen) atoms. The Bertz CT molecular complexity index is 63.9. The lowest BCUT2D eigenvalue weighted by molar-refractivity contribution is -0.141. The quantitative estimate of drug-likeness (QED) is 0.389. The van der Waals surface area contributed by atoms with Crippen LogP contribution in [0, 0.1) is 0 Å². The SMILES string of the molecule is NCCOC(N)OCCO. The standard InChI is InChI=1S/C5H14N2O3/c6-1-3-9-5(7)10-4-2-8/h5,8H,1-4,6-7H2. The van der Waals surface area contributed by atoms with Crippen LogP contribution in [0.15, 0.2) is 0 Å². The third-order valence-electron chi connectivity index (χ3n) is 0.773. The number of nitrogens with two attached hydrogens (primary N) is 2. The van der Waals surface area contributed by atoms with Gasteiger partial charge in [0.05, 0.1) is 19.8 Å².